The van der Waals surface area contributed by atoms with Gasteiger partial charge in [0.25, 0.3) is 0 Å². The maximum atomic E-state index is 8.76. The van der Waals surface area contributed by atoms with Gasteiger partial charge in [0.15, 0.2) is 0 Å². The molecule has 0 amide bonds. The van der Waals surface area contributed by atoms with E-state index in [0.717, 1.165) is 17.8 Å². The van der Waals surface area contributed by atoms with Crippen LogP contribution >= 0.6 is 0 Å². The van der Waals surface area contributed by atoms with Crippen molar-refractivity contribution < 1.29 is 9.84 Å². The van der Waals surface area contributed by atoms with Crippen molar-refractivity contribution >= 4 is 0 Å². The first-order valence-electron chi connectivity index (χ1n) is 5.52. The van der Waals surface area contributed by atoms with Crippen LogP contribution in [0, 0.1) is 17.8 Å². The van der Waals surface area contributed by atoms with E-state index in [0.29, 0.717) is 6.10 Å². The van der Waals surface area contributed by atoms with Gasteiger partial charge in [-0.1, -0.05) is 6.92 Å². The monoisotopic (exact) mass is 184 g/mol. The minimum atomic E-state index is -0.0970. The Hall–Kier alpha value is -0.0800. The number of rotatable bonds is 2. The minimum absolute atomic E-state index is 0.0970. The highest BCUT2D eigenvalue weighted by Crippen LogP contribution is 2.43. The van der Waals surface area contributed by atoms with Crippen molar-refractivity contribution in [1.29, 1.82) is 0 Å². The third kappa shape index (κ3) is 2.05. The van der Waals surface area contributed by atoms with Crippen molar-refractivity contribution in [3.05, 3.63) is 0 Å². The third-order valence-corrected chi connectivity index (χ3v) is 3.75. The lowest BCUT2D eigenvalue weighted by Gasteiger charge is -2.42. The lowest BCUT2D eigenvalue weighted by atomic mass is 9.67. The van der Waals surface area contributed by atoms with Gasteiger partial charge in [-0.15, -0.1) is 0 Å². The molecule has 0 aromatic carbocycles. The zero-order valence-corrected chi connectivity index (χ0v) is 8.41. The normalized spacial score (nSPS) is 44.8. The van der Waals surface area contributed by atoms with Crippen LogP contribution < -0.4 is 0 Å². The SMILES string of the molecule is CC1CC2CCC(OCO)C(C1)C2. The Kier molecular flexibility index (Phi) is 2.89. The molecule has 2 nitrogen and oxygen atoms in total. The second kappa shape index (κ2) is 3.97. The standard InChI is InChI=1S/C11H20O2/c1-8-4-9-2-3-11(13-7-12)10(5-8)6-9/h8-12H,2-7H2,1H3. The van der Waals surface area contributed by atoms with Crippen LogP contribution in [0.2, 0.25) is 0 Å². The molecule has 0 aromatic heterocycles. The van der Waals surface area contributed by atoms with E-state index in [9.17, 15) is 0 Å². The van der Waals surface area contributed by atoms with Crippen molar-refractivity contribution in [2.75, 3.05) is 6.79 Å². The van der Waals surface area contributed by atoms with Crippen LogP contribution in [0.1, 0.15) is 39.0 Å². The average Bonchev–Trinajstić information content (AvgIpc) is 2.10. The fraction of sp³-hybridized carbons (Fsp3) is 1.00. The summed E-state index contributed by atoms with van der Waals surface area (Å²) in [4.78, 5) is 0. The summed E-state index contributed by atoms with van der Waals surface area (Å²) in [6.45, 7) is 2.25. The molecule has 0 saturated heterocycles. The molecule has 2 fully saturated rings. The Balaban J connectivity index is 1.94. The lowest BCUT2D eigenvalue weighted by molar-refractivity contribution is -0.105. The lowest BCUT2D eigenvalue weighted by Crippen LogP contribution is -2.37. The predicted octanol–water partition coefficient (Wildman–Crippen LogP) is 2.17. The van der Waals surface area contributed by atoms with E-state index in [2.05, 4.69) is 6.92 Å². The molecule has 4 atom stereocenters. The van der Waals surface area contributed by atoms with E-state index in [1.807, 2.05) is 0 Å². The second-order valence-electron chi connectivity index (χ2n) is 4.85. The number of fused-ring (bicyclic) bond motifs is 2. The van der Waals surface area contributed by atoms with E-state index in [-0.39, 0.29) is 6.79 Å². The van der Waals surface area contributed by atoms with Crippen molar-refractivity contribution in [2.45, 2.75) is 45.1 Å². The van der Waals surface area contributed by atoms with Gasteiger partial charge < -0.3 is 9.84 Å². The number of hydrogen-bond acceptors (Lipinski definition) is 2. The molecule has 0 heterocycles. The maximum absolute atomic E-state index is 8.76. The molecule has 2 rings (SSSR count). The van der Waals surface area contributed by atoms with Gasteiger partial charge in [-0.3, -0.25) is 0 Å². The number of hydrogen-bond donors (Lipinski definition) is 1. The summed E-state index contributed by atoms with van der Waals surface area (Å²) in [5, 5.41) is 8.76. The molecule has 2 heteroatoms. The van der Waals surface area contributed by atoms with Crippen molar-refractivity contribution in [1.82, 2.24) is 0 Å². The quantitative estimate of drug-likeness (QED) is 0.666. The average molecular weight is 184 g/mol. The first-order valence-corrected chi connectivity index (χ1v) is 5.52. The first kappa shape index (κ1) is 9.47. The smallest absolute Gasteiger partial charge is 0.143 e. The molecule has 0 spiro atoms. The van der Waals surface area contributed by atoms with Crippen LogP contribution in [-0.2, 0) is 4.74 Å². The summed E-state index contributed by atoms with van der Waals surface area (Å²) in [6, 6.07) is 0. The fourth-order valence-electron chi connectivity index (χ4n) is 3.29. The van der Waals surface area contributed by atoms with E-state index in [1.165, 1.54) is 32.1 Å². The maximum Gasteiger partial charge on any atom is 0.143 e. The molecule has 2 bridgehead atoms. The van der Waals surface area contributed by atoms with Crippen molar-refractivity contribution in [3.63, 3.8) is 0 Å². The van der Waals surface area contributed by atoms with Gasteiger partial charge in [0, 0.05) is 0 Å². The van der Waals surface area contributed by atoms with Gasteiger partial charge in [0.1, 0.15) is 6.79 Å². The Morgan fingerprint density at radius 2 is 2.08 bits per heavy atom. The molecule has 13 heavy (non-hydrogen) atoms. The molecule has 2 aliphatic carbocycles. The van der Waals surface area contributed by atoms with Crippen LogP contribution in [-0.4, -0.2) is 18.0 Å². The molecule has 0 aromatic rings. The Morgan fingerprint density at radius 1 is 1.23 bits per heavy atom. The highest BCUT2D eigenvalue weighted by molar-refractivity contribution is 4.87. The topological polar surface area (TPSA) is 29.5 Å². The zero-order valence-electron chi connectivity index (χ0n) is 8.41. The predicted molar refractivity (Wildman–Crippen MR) is 51.2 cm³/mol. The van der Waals surface area contributed by atoms with Gasteiger partial charge in [-0.25, -0.2) is 0 Å². The van der Waals surface area contributed by atoms with Crippen LogP contribution in [0.25, 0.3) is 0 Å². The second-order valence-corrected chi connectivity index (χ2v) is 4.85. The van der Waals surface area contributed by atoms with Crippen molar-refractivity contribution in [2.24, 2.45) is 17.8 Å². The molecule has 2 aliphatic rings. The fourth-order valence-corrected chi connectivity index (χ4v) is 3.29. The highest BCUT2D eigenvalue weighted by Gasteiger charge is 2.36. The molecule has 0 aliphatic heterocycles. The number of aliphatic hydroxyl groups is 1. The van der Waals surface area contributed by atoms with Gasteiger partial charge in [0.05, 0.1) is 6.10 Å². The summed E-state index contributed by atoms with van der Waals surface area (Å²) in [6.07, 6.45) is 6.90. The van der Waals surface area contributed by atoms with E-state index < -0.39 is 0 Å². The summed E-state index contributed by atoms with van der Waals surface area (Å²) >= 11 is 0. The van der Waals surface area contributed by atoms with Gasteiger partial charge in [-0.2, -0.15) is 0 Å². The first-order chi connectivity index (χ1) is 6.29. The Bertz CT molecular complexity index is 167. The largest absolute Gasteiger partial charge is 0.371 e. The van der Waals surface area contributed by atoms with E-state index >= 15 is 0 Å². The Morgan fingerprint density at radius 3 is 2.85 bits per heavy atom. The summed E-state index contributed by atoms with van der Waals surface area (Å²) < 4.78 is 5.37. The zero-order chi connectivity index (χ0) is 9.26. The van der Waals surface area contributed by atoms with Crippen LogP contribution in [0.5, 0.6) is 0 Å². The Labute approximate surface area is 80.3 Å². The molecule has 0 radical (unpaired) electrons. The van der Waals surface area contributed by atoms with E-state index in [1.54, 1.807) is 0 Å². The van der Waals surface area contributed by atoms with Gasteiger partial charge in [0.2, 0.25) is 0 Å². The molecule has 4 unspecified atom stereocenters. The molecule has 1 N–H and O–H groups in total. The summed E-state index contributed by atoms with van der Waals surface area (Å²) in [7, 11) is 0. The summed E-state index contributed by atoms with van der Waals surface area (Å²) in [5.41, 5.74) is 0. The number of ether oxygens (including phenoxy) is 1. The molecule has 2 saturated carbocycles. The molecule has 76 valence electrons. The van der Waals surface area contributed by atoms with Gasteiger partial charge in [-0.05, 0) is 49.9 Å². The van der Waals surface area contributed by atoms with Crippen LogP contribution in [0.15, 0.2) is 0 Å². The van der Waals surface area contributed by atoms with Gasteiger partial charge >= 0.3 is 0 Å². The van der Waals surface area contributed by atoms with E-state index in [4.69, 9.17) is 9.84 Å². The van der Waals surface area contributed by atoms with Crippen LogP contribution in [0.4, 0.5) is 0 Å². The minimum Gasteiger partial charge on any atom is -0.371 e. The molecular weight excluding hydrogens is 164 g/mol. The number of aliphatic hydroxyl groups excluding tert-OH is 1. The summed E-state index contributed by atoms with van der Waals surface area (Å²) in [5.74, 6) is 2.55. The van der Waals surface area contributed by atoms with Crippen molar-refractivity contribution in [3.8, 4) is 0 Å². The highest BCUT2D eigenvalue weighted by atomic mass is 16.6. The van der Waals surface area contributed by atoms with Crippen LogP contribution in [0.3, 0.4) is 0 Å². The molecular formula is C11H20O2. The third-order valence-electron chi connectivity index (χ3n) is 3.75.